The Bertz CT molecular complexity index is 1760. The average Bonchev–Trinajstić information content (AvgIpc) is 3.78. The summed E-state index contributed by atoms with van der Waals surface area (Å²) in [6.45, 7) is 12.0. The van der Waals surface area contributed by atoms with Gasteiger partial charge in [0.1, 0.15) is 12.2 Å². The summed E-state index contributed by atoms with van der Waals surface area (Å²) in [5.74, 6) is 0.338. The summed E-state index contributed by atoms with van der Waals surface area (Å²) >= 11 is 0. The molecule has 5 aliphatic rings. The minimum Gasteiger partial charge on any atom is -0.382 e. The number of ether oxygens (including phenoxy) is 4. The van der Waals surface area contributed by atoms with Gasteiger partial charge in [0.05, 0.1) is 63.3 Å². The lowest BCUT2D eigenvalue weighted by atomic mass is 9.97. The number of imide groups is 1. The summed E-state index contributed by atoms with van der Waals surface area (Å²) < 4.78 is 21.5. The lowest BCUT2D eigenvalue weighted by Crippen LogP contribution is -2.53. The van der Waals surface area contributed by atoms with Gasteiger partial charge in [-0.2, -0.15) is 0 Å². The molecule has 4 aliphatic heterocycles. The predicted octanol–water partition coefficient (Wildman–Crippen LogP) is 3.07. The number of aliphatic imine (C=N–C) groups is 2. The van der Waals surface area contributed by atoms with E-state index in [9.17, 15) is 28.8 Å². The maximum atomic E-state index is 13.0. The Morgan fingerprint density at radius 1 is 0.937 bits per heavy atom. The van der Waals surface area contributed by atoms with E-state index in [0.29, 0.717) is 77.3 Å². The second-order valence-corrected chi connectivity index (χ2v) is 16.2. The van der Waals surface area contributed by atoms with E-state index in [0.717, 1.165) is 43.8 Å². The van der Waals surface area contributed by atoms with Gasteiger partial charge in [-0.25, -0.2) is 9.98 Å². The molecule has 4 heterocycles. The summed E-state index contributed by atoms with van der Waals surface area (Å²) in [7, 11) is 3.26. The Balaban J connectivity index is 0.000000261. The number of hydrogen-bond acceptors (Lipinski definition) is 14. The second-order valence-electron chi connectivity index (χ2n) is 16.2. The van der Waals surface area contributed by atoms with Crippen molar-refractivity contribution < 1.29 is 47.7 Å². The number of amides is 5. The largest absolute Gasteiger partial charge is 0.382 e. The van der Waals surface area contributed by atoms with Crippen LogP contribution in [0.5, 0.6) is 0 Å². The van der Waals surface area contributed by atoms with Crippen LogP contribution in [0.1, 0.15) is 92.9 Å². The molecule has 0 aromatic heterocycles. The van der Waals surface area contributed by atoms with E-state index >= 15 is 0 Å². The Hall–Kier alpha value is -5.04. The zero-order valence-corrected chi connectivity index (χ0v) is 37.7. The highest BCUT2D eigenvalue weighted by Crippen LogP contribution is 2.25. The van der Waals surface area contributed by atoms with Crippen LogP contribution in [0.15, 0.2) is 39.8 Å². The van der Waals surface area contributed by atoms with Gasteiger partial charge in [0.15, 0.2) is 6.29 Å². The van der Waals surface area contributed by atoms with Crippen molar-refractivity contribution in [2.24, 2.45) is 21.8 Å². The van der Waals surface area contributed by atoms with E-state index in [2.05, 4.69) is 32.9 Å². The van der Waals surface area contributed by atoms with Gasteiger partial charge >= 0.3 is 0 Å². The Morgan fingerprint density at radius 3 is 2.17 bits per heavy atom. The zero-order valence-electron chi connectivity index (χ0n) is 37.7. The first-order valence-corrected chi connectivity index (χ1v) is 22.2. The SMILES string of the molecule is CC1=CC2C=NC(NC3CCN(C=O)CC3)=NC2N(C)C1=O.CC1CCCC1.CCOCCOCCOCCOCCNc1cccc(C(=O)N(C)C2CCC(=O)NC2=O)c1C=O. The van der Waals surface area contributed by atoms with E-state index in [4.69, 9.17) is 18.9 Å². The summed E-state index contributed by atoms with van der Waals surface area (Å²) in [4.78, 5) is 84.7. The Morgan fingerprint density at radius 2 is 1.59 bits per heavy atom. The van der Waals surface area contributed by atoms with Crippen molar-refractivity contribution in [3.63, 3.8) is 0 Å². The van der Waals surface area contributed by atoms with Crippen molar-refractivity contribution >= 4 is 54.2 Å². The van der Waals surface area contributed by atoms with Crippen LogP contribution in [0.3, 0.4) is 0 Å². The number of guanidine groups is 1. The number of benzene rings is 1. The highest BCUT2D eigenvalue weighted by molar-refractivity contribution is 6.07. The van der Waals surface area contributed by atoms with E-state index < -0.39 is 17.9 Å². The molecule has 18 heteroatoms. The molecule has 0 bridgehead atoms. The first-order chi connectivity index (χ1) is 30.5. The molecule has 1 aromatic carbocycles. The van der Waals surface area contributed by atoms with Crippen LogP contribution in [0, 0.1) is 11.8 Å². The Labute approximate surface area is 371 Å². The highest BCUT2D eigenvalue weighted by atomic mass is 16.6. The molecule has 3 unspecified atom stereocenters. The molecule has 348 valence electrons. The van der Waals surface area contributed by atoms with E-state index in [1.807, 2.05) is 26.1 Å². The van der Waals surface area contributed by atoms with Gasteiger partial charge in [-0.05, 0) is 51.2 Å². The molecule has 5 amide bonds. The number of carbonyl (C=O) groups excluding carboxylic acids is 6. The maximum absolute atomic E-state index is 13.0. The molecule has 0 radical (unpaired) electrons. The highest BCUT2D eigenvalue weighted by Gasteiger charge is 2.35. The lowest BCUT2D eigenvalue weighted by Gasteiger charge is -2.36. The minimum atomic E-state index is -0.770. The van der Waals surface area contributed by atoms with E-state index in [1.165, 1.54) is 43.7 Å². The van der Waals surface area contributed by atoms with Crippen LogP contribution >= 0.6 is 0 Å². The number of piperidine rings is 2. The van der Waals surface area contributed by atoms with Crippen molar-refractivity contribution in [3.8, 4) is 0 Å². The molecular weight excluding hydrogens is 813 g/mol. The van der Waals surface area contributed by atoms with Crippen molar-refractivity contribution in [2.75, 3.05) is 91.9 Å². The molecule has 3 fully saturated rings. The normalized spacial score (nSPS) is 21.2. The van der Waals surface area contributed by atoms with Crippen LogP contribution in [-0.2, 0) is 38.1 Å². The third-order valence-electron chi connectivity index (χ3n) is 11.5. The number of aldehydes is 1. The smallest absolute Gasteiger partial charge is 0.255 e. The van der Waals surface area contributed by atoms with Crippen molar-refractivity contribution in [3.05, 3.63) is 41.0 Å². The molecule has 1 aromatic rings. The van der Waals surface area contributed by atoms with Gasteiger partial charge in [0, 0.05) is 70.3 Å². The first kappa shape index (κ1) is 50.6. The van der Waals surface area contributed by atoms with Crippen LogP contribution in [0.2, 0.25) is 0 Å². The number of nitrogens with zero attached hydrogens (tertiary/aromatic N) is 5. The fraction of sp³-hybridized carbons (Fsp3) is 0.644. The number of likely N-dealkylation sites (N-methyl/N-ethyl adjacent to an activating group) is 2. The molecule has 63 heavy (non-hydrogen) atoms. The van der Waals surface area contributed by atoms with Gasteiger partial charge in [-0.15, -0.1) is 0 Å². The van der Waals surface area contributed by atoms with Crippen LogP contribution in [-0.4, -0.2) is 168 Å². The molecule has 0 spiro atoms. The standard InChI is InChI=1S/C24H35N3O8.C15H21N5O2.C6H12/c1-3-32-11-12-34-15-16-35-14-13-33-10-9-25-20-6-4-5-18(19(20)17-28)24(31)27(2)21-7-8-22(29)26-23(21)30;1-10-7-11-8-16-15(18-13(11)19(2)14(10)22)17-12-3-5-20(9-21)6-4-12;1-6-4-2-3-5-6/h4-6,17,21,25H,3,7-16H2,1-2H3,(H,26,29,30);7-9,11-13H,3-6H2,1-2H3,(H,17,18);6H,2-5H2,1H3. The maximum Gasteiger partial charge on any atom is 0.255 e. The number of rotatable bonds is 19. The van der Waals surface area contributed by atoms with Crippen molar-refractivity contribution in [1.82, 2.24) is 25.3 Å². The fourth-order valence-corrected chi connectivity index (χ4v) is 7.72. The van der Waals surface area contributed by atoms with Gasteiger partial charge in [-0.1, -0.05) is 44.7 Å². The molecular formula is C45H68N8O10. The van der Waals surface area contributed by atoms with Gasteiger partial charge in [0.25, 0.3) is 11.8 Å². The molecule has 2 saturated heterocycles. The average molecular weight is 881 g/mol. The number of carbonyl (C=O) groups is 6. The molecule has 6 rings (SSSR count). The lowest BCUT2D eigenvalue weighted by molar-refractivity contribution is -0.136. The van der Waals surface area contributed by atoms with Crippen LogP contribution < -0.4 is 16.0 Å². The molecule has 18 nitrogen and oxygen atoms in total. The van der Waals surface area contributed by atoms with Crippen molar-refractivity contribution in [1.29, 1.82) is 0 Å². The minimum absolute atomic E-state index is 0.0129. The molecule has 1 aliphatic carbocycles. The summed E-state index contributed by atoms with van der Waals surface area (Å²) in [5.41, 5.74) is 1.61. The molecule has 3 atom stereocenters. The number of hydrogen-bond donors (Lipinski definition) is 3. The second kappa shape index (κ2) is 27.2. The monoisotopic (exact) mass is 881 g/mol. The van der Waals surface area contributed by atoms with Gasteiger partial charge in [-0.3, -0.25) is 34.1 Å². The summed E-state index contributed by atoms with van der Waals surface area (Å²) in [5, 5.41) is 8.67. The van der Waals surface area contributed by atoms with Crippen LogP contribution in [0.4, 0.5) is 5.69 Å². The predicted molar refractivity (Wildman–Crippen MR) is 239 cm³/mol. The Kier molecular flexibility index (Phi) is 21.9. The molecule has 3 N–H and O–H groups in total. The number of fused-ring (bicyclic) bond motifs is 1. The fourth-order valence-electron chi connectivity index (χ4n) is 7.72. The van der Waals surface area contributed by atoms with E-state index in [1.54, 1.807) is 29.0 Å². The third kappa shape index (κ3) is 16.2. The third-order valence-corrected chi connectivity index (χ3v) is 11.5. The number of anilines is 1. The zero-order chi connectivity index (χ0) is 45.6. The van der Waals surface area contributed by atoms with Gasteiger partial charge < -0.3 is 44.3 Å². The van der Waals surface area contributed by atoms with Crippen LogP contribution in [0.25, 0.3) is 0 Å². The summed E-state index contributed by atoms with van der Waals surface area (Å²) in [6, 6.07) is 4.39. The summed E-state index contributed by atoms with van der Waals surface area (Å²) in [6.07, 6.45) is 13.2. The quantitative estimate of drug-likeness (QED) is 0.104. The van der Waals surface area contributed by atoms with Crippen molar-refractivity contribution in [2.45, 2.75) is 90.4 Å². The van der Waals surface area contributed by atoms with Gasteiger partial charge in [0.2, 0.25) is 24.2 Å². The number of nitrogens with one attached hydrogen (secondary N) is 3. The number of likely N-dealkylation sites (tertiary alicyclic amines) is 1. The molecule has 1 saturated carbocycles. The van der Waals surface area contributed by atoms with E-state index in [-0.39, 0.29) is 53.9 Å². The topological polar surface area (TPSA) is 210 Å². The first-order valence-electron chi connectivity index (χ1n) is 22.2.